The first-order valence-electron chi connectivity index (χ1n) is 7.08. The Hall–Kier alpha value is -1.26. The number of ether oxygens (including phenoxy) is 6. The molecule has 9 heteroatoms. The van der Waals surface area contributed by atoms with Gasteiger partial charge in [-0.05, 0) is 0 Å². The van der Waals surface area contributed by atoms with Crippen molar-refractivity contribution in [3.63, 3.8) is 0 Å². The first kappa shape index (κ1) is 19.8. The van der Waals surface area contributed by atoms with Crippen LogP contribution < -0.4 is 0 Å². The molecule has 0 aromatic carbocycles. The van der Waals surface area contributed by atoms with Crippen LogP contribution in [0.15, 0.2) is 0 Å². The molecule has 0 radical (unpaired) electrons. The van der Waals surface area contributed by atoms with Crippen LogP contribution >= 0.6 is 0 Å². The van der Waals surface area contributed by atoms with Crippen molar-refractivity contribution in [2.75, 3.05) is 27.9 Å². The van der Waals surface area contributed by atoms with Crippen molar-refractivity contribution >= 4 is 11.9 Å². The number of hydrogen-bond acceptors (Lipinski definition) is 9. The molecule has 1 aliphatic rings. The average Bonchev–Trinajstić information content (AvgIpc) is 2.46. The van der Waals surface area contributed by atoms with E-state index in [1.807, 2.05) is 0 Å². The van der Waals surface area contributed by atoms with Gasteiger partial charge in [-0.3, -0.25) is 9.59 Å². The Kier molecular flexibility index (Phi) is 7.86. The fraction of sp³-hybridized carbons (Fsp3) is 0.857. The van der Waals surface area contributed by atoms with E-state index in [1.165, 1.54) is 35.2 Å². The number of methoxy groups -OCH3 is 3. The van der Waals surface area contributed by atoms with Crippen molar-refractivity contribution in [2.24, 2.45) is 0 Å². The quantitative estimate of drug-likeness (QED) is 0.600. The van der Waals surface area contributed by atoms with Gasteiger partial charge in [-0.25, -0.2) is 0 Å². The number of rotatable bonds is 7. The van der Waals surface area contributed by atoms with Gasteiger partial charge < -0.3 is 33.5 Å². The Balaban J connectivity index is 3.15. The lowest BCUT2D eigenvalue weighted by atomic mass is 9.94. The van der Waals surface area contributed by atoms with Gasteiger partial charge in [-0.15, -0.1) is 0 Å². The number of aliphatic hydroxyl groups excluding tert-OH is 1. The van der Waals surface area contributed by atoms with Crippen molar-refractivity contribution in [3.05, 3.63) is 0 Å². The van der Waals surface area contributed by atoms with Gasteiger partial charge in [0.25, 0.3) is 0 Å². The molecule has 1 saturated heterocycles. The Labute approximate surface area is 134 Å². The molecule has 1 fully saturated rings. The van der Waals surface area contributed by atoms with Crippen LogP contribution in [0.5, 0.6) is 0 Å². The third-order valence-electron chi connectivity index (χ3n) is 3.43. The Morgan fingerprint density at radius 1 is 1.04 bits per heavy atom. The maximum absolute atomic E-state index is 11.4. The topological polar surface area (TPSA) is 110 Å². The van der Waals surface area contributed by atoms with Crippen molar-refractivity contribution in [1.29, 1.82) is 0 Å². The molecule has 1 N–H and O–H groups in total. The zero-order valence-electron chi connectivity index (χ0n) is 13.9. The fourth-order valence-corrected chi connectivity index (χ4v) is 2.51. The van der Waals surface area contributed by atoms with Crippen LogP contribution in [0.3, 0.4) is 0 Å². The van der Waals surface area contributed by atoms with Gasteiger partial charge in [0.05, 0.1) is 6.61 Å². The highest BCUT2D eigenvalue weighted by atomic mass is 16.7. The van der Waals surface area contributed by atoms with Gasteiger partial charge in [0.1, 0.15) is 18.3 Å². The molecule has 9 nitrogen and oxygen atoms in total. The molecule has 0 aliphatic carbocycles. The lowest BCUT2D eigenvalue weighted by Gasteiger charge is -2.44. The van der Waals surface area contributed by atoms with E-state index >= 15 is 0 Å². The van der Waals surface area contributed by atoms with Gasteiger partial charge in [-0.2, -0.15) is 0 Å². The second kappa shape index (κ2) is 9.14. The van der Waals surface area contributed by atoms with Crippen LogP contribution in [0.4, 0.5) is 0 Å². The summed E-state index contributed by atoms with van der Waals surface area (Å²) in [5, 5.41) is 10.1. The van der Waals surface area contributed by atoms with Crippen LogP contribution in [-0.4, -0.2) is 81.8 Å². The number of carbonyl (C=O) groups is 2. The summed E-state index contributed by atoms with van der Waals surface area (Å²) in [5.74, 6) is -1.21. The minimum atomic E-state index is -1.39. The van der Waals surface area contributed by atoms with Crippen LogP contribution in [0.1, 0.15) is 13.8 Å². The maximum Gasteiger partial charge on any atom is 0.303 e. The minimum absolute atomic E-state index is 0.121. The molecule has 0 aromatic rings. The number of hydrogen-bond donors (Lipinski definition) is 1. The molecule has 1 rings (SSSR count). The van der Waals surface area contributed by atoms with E-state index < -0.39 is 48.7 Å². The molecule has 1 aliphatic heterocycles. The lowest BCUT2D eigenvalue weighted by Crippen LogP contribution is -2.64. The molecule has 23 heavy (non-hydrogen) atoms. The van der Waals surface area contributed by atoms with Gasteiger partial charge >= 0.3 is 11.9 Å². The number of aliphatic hydroxyl groups is 1. The van der Waals surface area contributed by atoms with Crippen molar-refractivity contribution in [2.45, 2.75) is 50.7 Å². The van der Waals surface area contributed by atoms with Crippen LogP contribution in [0.25, 0.3) is 0 Å². The molecule has 0 saturated carbocycles. The third-order valence-corrected chi connectivity index (χ3v) is 3.43. The highest BCUT2D eigenvalue weighted by molar-refractivity contribution is 5.67. The summed E-state index contributed by atoms with van der Waals surface area (Å²) < 4.78 is 31.4. The van der Waals surface area contributed by atoms with Crippen molar-refractivity contribution in [3.8, 4) is 0 Å². The van der Waals surface area contributed by atoms with E-state index in [0.29, 0.717) is 0 Å². The molecular formula is C14H24O9. The van der Waals surface area contributed by atoms with Crippen molar-refractivity contribution in [1.82, 2.24) is 0 Å². The summed E-state index contributed by atoms with van der Waals surface area (Å²) in [5.41, 5.74) is 0. The van der Waals surface area contributed by atoms with Gasteiger partial charge in [0.2, 0.25) is 0 Å². The summed E-state index contributed by atoms with van der Waals surface area (Å²) in [6.45, 7) is 2.54. The van der Waals surface area contributed by atoms with Gasteiger partial charge in [0, 0.05) is 35.2 Å². The summed E-state index contributed by atoms with van der Waals surface area (Å²) in [4.78, 5) is 22.8. The van der Waals surface area contributed by atoms with E-state index in [2.05, 4.69) is 0 Å². The van der Waals surface area contributed by atoms with Gasteiger partial charge in [0.15, 0.2) is 18.5 Å². The molecule has 0 spiro atoms. The Morgan fingerprint density at radius 3 is 2.04 bits per heavy atom. The minimum Gasteiger partial charge on any atom is -0.456 e. The number of esters is 2. The maximum atomic E-state index is 11.4. The highest BCUT2D eigenvalue weighted by Gasteiger charge is 2.52. The zero-order chi connectivity index (χ0) is 17.6. The van der Waals surface area contributed by atoms with E-state index in [0.717, 1.165) is 0 Å². The predicted molar refractivity (Wildman–Crippen MR) is 75.5 cm³/mol. The predicted octanol–water partition coefficient (Wildman–Crippen LogP) is -0.757. The Morgan fingerprint density at radius 2 is 1.61 bits per heavy atom. The van der Waals surface area contributed by atoms with E-state index in [-0.39, 0.29) is 6.61 Å². The molecular weight excluding hydrogens is 312 g/mol. The summed E-state index contributed by atoms with van der Waals surface area (Å²) >= 11 is 0. The second-order valence-corrected chi connectivity index (χ2v) is 5.07. The van der Waals surface area contributed by atoms with Gasteiger partial charge in [-0.1, -0.05) is 0 Å². The smallest absolute Gasteiger partial charge is 0.303 e. The molecule has 6 unspecified atom stereocenters. The monoisotopic (exact) mass is 336 g/mol. The summed E-state index contributed by atoms with van der Waals surface area (Å²) in [6, 6.07) is 0. The highest BCUT2D eigenvalue weighted by Crippen LogP contribution is 2.29. The molecule has 0 aromatic heterocycles. The first-order valence-corrected chi connectivity index (χ1v) is 7.08. The first-order chi connectivity index (χ1) is 10.8. The van der Waals surface area contributed by atoms with E-state index in [1.54, 1.807) is 0 Å². The molecule has 6 atom stereocenters. The van der Waals surface area contributed by atoms with Crippen LogP contribution in [0.2, 0.25) is 0 Å². The van der Waals surface area contributed by atoms with Crippen LogP contribution in [0, 0.1) is 0 Å². The average molecular weight is 336 g/mol. The molecule has 0 bridgehead atoms. The number of carbonyl (C=O) groups excluding carboxylic acids is 2. The third kappa shape index (κ3) is 5.11. The molecule has 134 valence electrons. The normalized spacial score (nSPS) is 32.2. The molecule has 0 amide bonds. The summed E-state index contributed by atoms with van der Waals surface area (Å²) in [6.07, 6.45) is -6.05. The Bertz CT molecular complexity index is 400. The largest absolute Gasteiger partial charge is 0.456 e. The second-order valence-electron chi connectivity index (χ2n) is 5.07. The zero-order valence-corrected chi connectivity index (χ0v) is 13.9. The summed E-state index contributed by atoms with van der Waals surface area (Å²) in [7, 11) is 4.21. The van der Waals surface area contributed by atoms with E-state index in [9.17, 15) is 14.7 Å². The molecule has 1 heterocycles. The van der Waals surface area contributed by atoms with Crippen molar-refractivity contribution < 1.29 is 43.1 Å². The van der Waals surface area contributed by atoms with E-state index in [4.69, 9.17) is 28.4 Å². The lowest BCUT2D eigenvalue weighted by molar-refractivity contribution is -0.309. The van der Waals surface area contributed by atoms with Crippen LogP contribution in [-0.2, 0) is 38.0 Å². The fourth-order valence-electron chi connectivity index (χ4n) is 2.51. The SMILES string of the molecule is COCC(OC)C1OC(O)C(OC)C(OC(C)=O)C1OC(C)=O. The standard InChI is InChI=1S/C14H24O9/c1-7(15)21-11-10(9(19-4)6-18-3)23-14(17)13(20-5)12(11)22-8(2)16/h9-14,17H,6H2,1-5H3.